The number of benzene rings is 2. The minimum Gasteiger partial charge on any atom is -0.325 e. The molecular weight excluding hydrogens is 470 g/mol. The first-order valence-electron chi connectivity index (χ1n) is 11.3. The number of nitrogens with zero attached hydrogens (tertiary/aromatic N) is 4. The maximum atomic E-state index is 13.0. The number of sulfonamides is 1. The zero-order chi connectivity index (χ0) is 24.1. The molecule has 1 atom stereocenters. The van der Waals surface area contributed by atoms with E-state index in [4.69, 9.17) is 0 Å². The maximum absolute atomic E-state index is 13.0. The van der Waals surface area contributed by atoms with Crippen molar-refractivity contribution in [1.29, 1.82) is 0 Å². The first kappa shape index (κ1) is 24.4. The molecule has 0 saturated carbocycles. The van der Waals surface area contributed by atoms with Crippen molar-refractivity contribution in [3.8, 4) is 0 Å². The van der Waals surface area contributed by atoms with Crippen LogP contribution >= 0.6 is 11.8 Å². The quantitative estimate of drug-likeness (QED) is 0.475. The van der Waals surface area contributed by atoms with Crippen molar-refractivity contribution >= 4 is 33.4 Å². The van der Waals surface area contributed by atoms with Gasteiger partial charge in [0.05, 0.1) is 10.1 Å². The molecule has 0 aliphatic carbocycles. The van der Waals surface area contributed by atoms with Crippen LogP contribution < -0.4 is 5.32 Å². The summed E-state index contributed by atoms with van der Waals surface area (Å²) in [4.78, 5) is 13.0. The third-order valence-electron chi connectivity index (χ3n) is 5.84. The Bertz CT molecular complexity index is 1240. The fraction of sp³-hybridized carbons (Fsp3) is 0.375. The van der Waals surface area contributed by atoms with Gasteiger partial charge in [-0.15, -0.1) is 10.2 Å². The summed E-state index contributed by atoms with van der Waals surface area (Å²) in [5, 5.41) is 11.6. The topological polar surface area (TPSA) is 97.2 Å². The van der Waals surface area contributed by atoms with E-state index in [-0.39, 0.29) is 10.8 Å². The number of amides is 1. The standard InChI is InChI=1S/C24H29N5O3S2/c1-18(33-24-27-26-22(28(24)2)16-19-10-5-3-6-11-19)23(30)25-20-12-9-13-21(17-20)34(31,32)29-14-7-4-8-15-29/h3,5-6,9-13,17-18H,4,7-8,14-16H2,1-2H3,(H,25,30). The number of carbonyl (C=O) groups excluding carboxylic acids is 1. The summed E-state index contributed by atoms with van der Waals surface area (Å²) >= 11 is 1.31. The molecule has 1 aliphatic rings. The van der Waals surface area contributed by atoms with E-state index in [0.29, 0.717) is 30.4 Å². The Hall–Kier alpha value is -2.69. The number of hydrogen-bond acceptors (Lipinski definition) is 6. The van der Waals surface area contributed by atoms with E-state index in [0.717, 1.165) is 30.7 Å². The van der Waals surface area contributed by atoms with Crippen LogP contribution in [0.2, 0.25) is 0 Å². The fourth-order valence-corrected chi connectivity index (χ4v) is 6.22. The van der Waals surface area contributed by atoms with Crippen molar-refractivity contribution in [3.63, 3.8) is 0 Å². The zero-order valence-corrected chi connectivity index (χ0v) is 21.0. The highest BCUT2D eigenvalue weighted by atomic mass is 32.2. The van der Waals surface area contributed by atoms with Gasteiger partial charge in [0.15, 0.2) is 5.16 Å². The number of thioether (sulfide) groups is 1. The van der Waals surface area contributed by atoms with Crippen LogP contribution in [0.5, 0.6) is 0 Å². The first-order valence-corrected chi connectivity index (χ1v) is 13.7. The maximum Gasteiger partial charge on any atom is 0.243 e. The number of nitrogens with one attached hydrogen (secondary N) is 1. The van der Waals surface area contributed by atoms with Crippen LogP contribution in [0, 0.1) is 0 Å². The van der Waals surface area contributed by atoms with Gasteiger partial charge in [0.25, 0.3) is 0 Å². The van der Waals surface area contributed by atoms with E-state index in [1.54, 1.807) is 25.1 Å². The average Bonchev–Trinajstić information content (AvgIpc) is 3.19. The lowest BCUT2D eigenvalue weighted by atomic mass is 10.1. The summed E-state index contributed by atoms with van der Waals surface area (Å²) in [7, 11) is -1.67. The van der Waals surface area contributed by atoms with Crippen LogP contribution in [0.25, 0.3) is 0 Å². The summed E-state index contributed by atoms with van der Waals surface area (Å²) in [6.07, 6.45) is 3.46. The fourth-order valence-electron chi connectivity index (χ4n) is 3.82. The smallest absolute Gasteiger partial charge is 0.243 e. The predicted octanol–water partition coefficient (Wildman–Crippen LogP) is 3.70. The summed E-state index contributed by atoms with van der Waals surface area (Å²) in [5.74, 6) is 0.585. The highest BCUT2D eigenvalue weighted by Crippen LogP contribution is 2.25. The van der Waals surface area contributed by atoms with Gasteiger partial charge in [-0.05, 0) is 43.5 Å². The second-order valence-electron chi connectivity index (χ2n) is 8.36. The molecule has 1 fully saturated rings. The molecule has 3 aromatic rings. The number of hydrogen-bond donors (Lipinski definition) is 1. The Morgan fingerprint density at radius 1 is 1.06 bits per heavy atom. The van der Waals surface area contributed by atoms with E-state index in [1.165, 1.54) is 22.1 Å². The van der Waals surface area contributed by atoms with Gasteiger partial charge in [-0.3, -0.25) is 4.79 Å². The molecule has 0 radical (unpaired) electrons. The van der Waals surface area contributed by atoms with Crippen LogP contribution in [-0.2, 0) is 28.3 Å². The molecule has 1 unspecified atom stereocenters. The Morgan fingerprint density at radius 3 is 2.53 bits per heavy atom. The first-order chi connectivity index (χ1) is 16.3. The summed E-state index contributed by atoms with van der Waals surface area (Å²) in [5.41, 5.74) is 1.60. The third-order valence-corrected chi connectivity index (χ3v) is 8.86. The Labute approximate surface area is 204 Å². The van der Waals surface area contributed by atoms with Crippen molar-refractivity contribution in [3.05, 3.63) is 66.0 Å². The van der Waals surface area contributed by atoms with Gasteiger partial charge in [0.1, 0.15) is 5.82 Å². The lowest BCUT2D eigenvalue weighted by Crippen LogP contribution is -2.35. The molecule has 1 saturated heterocycles. The average molecular weight is 500 g/mol. The van der Waals surface area contributed by atoms with Gasteiger partial charge in [0.2, 0.25) is 15.9 Å². The van der Waals surface area contributed by atoms with Gasteiger partial charge < -0.3 is 9.88 Å². The summed E-state index contributed by atoms with van der Waals surface area (Å²) in [6, 6.07) is 16.5. The van der Waals surface area contributed by atoms with Crippen LogP contribution in [0.4, 0.5) is 5.69 Å². The molecule has 10 heteroatoms. The highest BCUT2D eigenvalue weighted by molar-refractivity contribution is 8.00. The van der Waals surface area contributed by atoms with Crippen molar-refractivity contribution in [2.75, 3.05) is 18.4 Å². The van der Waals surface area contributed by atoms with Gasteiger partial charge in [0, 0.05) is 32.2 Å². The SMILES string of the molecule is CC(Sc1nnc(Cc2ccccc2)n1C)C(=O)Nc1cccc(S(=O)(=O)N2CCCCC2)c1. The van der Waals surface area contributed by atoms with Gasteiger partial charge in [-0.25, -0.2) is 8.42 Å². The molecule has 2 heterocycles. The minimum absolute atomic E-state index is 0.200. The Balaban J connectivity index is 1.40. The lowest BCUT2D eigenvalue weighted by molar-refractivity contribution is -0.115. The van der Waals surface area contributed by atoms with Crippen LogP contribution in [0.3, 0.4) is 0 Å². The van der Waals surface area contributed by atoms with Gasteiger partial charge in [-0.1, -0.05) is 54.6 Å². The predicted molar refractivity (Wildman–Crippen MR) is 133 cm³/mol. The molecule has 180 valence electrons. The van der Waals surface area contributed by atoms with Gasteiger partial charge >= 0.3 is 0 Å². The number of anilines is 1. The third kappa shape index (κ3) is 5.68. The Kier molecular flexibility index (Phi) is 7.70. The van der Waals surface area contributed by atoms with E-state index >= 15 is 0 Å². The molecule has 1 aromatic heterocycles. The molecule has 8 nitrogen and oxygen atoms in total. The Morgan fingerprint density at radius 2 is 1.79 bits per heavy atom. The minimum atomic E-state index is -3.56. The molecule has 0 spiro atoms. The van der Waals surface area contributed by atoms with E-state index in [9.17, 15) is 13.2 Å². The van der Waals surface area contributed by atoms with Crippen molar-refractivity contribution in [2.45, 2.75) is 47.9 Å². The lowest BCUT2D eigenvalue weighted by Gasteiger charge is -2.26. The zero-order valence-electron chi connectivity index (χ0n) is 19.3. The van der Waals surface area contributed by atoms with Crippen LogP contribution in [-0.4, -0.2) is 51.7 Å². The summed E-state index contributed by atoms with van der Waals surface area (Å²) in [6.45, 7) is 2.87. The molecule has 2 aromatic carbocycles. The number of carbonyl (C=O) groups is 1. The van der Waals surface area contributed by atoms with E-state index in [1.807, 2.05) is 41.9 Å². The molecule has 1 aliphatic heterocycles. The normalized spacial score (nSPS) is 15.7. The van der Waals surface area contributed by atoms with E-state index < -0.39 is 15.3 Å². The number of piperidine rings is 1. The molecule has 34 heavy (non-hydrogen) atoms. The highest BCUT2D eigenvalue weighted by Gasteiger charge is 2.26. The van der Waals surface area contributed by atoms with Crippen LogP contribution in [0.15, 0.2) is 64.6 Å². The second-order valence-corrected chi connectivity index (χ2v) is 11.6. The van der Waals surface area contributed by atoms with E-state index in [2.05, 4.69) is 15.5 Å². The van der Waals surface area contributed by atoms with Crippen molar-refractivity contribution < 1.29 is 13.2 Å². The largest absolute Gasteiger partial charge is 0.325 e. The monoisotopic (exact) mass is 499 g/mol. The molecule has 1 amide bonds. The molecular formula is C24H29N5O3S2. The molecule has 1 N–H and O–H groups in total. The van der Waals surface area contributed by atoms with Crippen LogP contribution in [0.1, 0.15) is 37.6 Å². The van der Waals surface area contributed by atoms with Crippen molar-refractivity contribution in [2.24, 2.45) is 7.05 Å². The number of aromatic nitrogens is 3. The molecule has 4 rings (SSSR count). The second kappa shape index (κ2) is 10.7. The molecule has 0 bridgehead atoms. The van der Waals surface area contributed by atoms with Crippen molar-refractivity contribution in [1.82, 2.24) is 19.1 Å². The summed E-state index contributed by atoms with van der Waals surface area (Å²) < 4.78 is 29.3. The number of rotatable bonds is 8. The van der Waals surface area contributed by atoms with Gasteiger partial charge in [-0.2, -0.15) is 4.31 Å².